The van der Waals surface area contributed by atoms with Crippen molar-refractivity contribution in [1.29, 1.82) is 0 Å². The average molecular weight is 321 g/mol. The Hall–Kier alpha value is -1.99. The highest BCUT2D eigenvalue weighted by Crippen LogP contribution is 2.39. The van der Waals surface area contributed by atoms with Crippen LogP contribution in [0.1, 0.15) is 17.9 Å². The van der Waals surface area contributed by atoms with E-state index in [1.165, 1.54) is 12.1 Å². The molecular weight excluding hydrogens is 305 g/mol. The van der Waals surface area contributed by atoms with Crippen molar-refractivity contribution in [2.24, 2.45) is 5.73 Å². The van der Waals surface area contributed by atoms with Gasteiger partial charge in [-0.25, -0.2) is 12.8 Å². The third-order valence-electron chi connectivity index (χ3n) is 3.61. The van der Waals surface area contributed by atoms with E-state index in [2.05, 4.69) is 9.71 Å². The molecule has 0 amide bonds. The van der Waals surface area contributed by atoms with Crippen LogP contribution in [-0.2, 0) is 10.0 Å². The molecule has 2 aromatic rings. The maximum Gasteiger partial charge on any atom is 0.229 e. The quantitative estimate of drug-likeness (QED) is 0.903. The van der Waals surface area contributed by atoms with Crippen molar-refractivity contribution in [1.82, 2.24) is 4.98 Å². The monoisotopic (exact) mass is 321 g/mol. The smallest absolute Gasteiger partial charge is 0.229 e. The van der Waals surface area contributed by atoms with E-state index in [1.54, 1.807) is 12.3 Å². The minimum absolute atomic E-state index is 0.0879. The lowest BCUT2D eigenvalue weighted by Gasteiger charge is -2.08. The van der Waals surface area contributed by atoms with Crippen LogP contribution in [0.15, 0.2) is 36.5 Å². The van der Waals surface area contributed by atoms with E-state index in [0.29, 0.717) is 17.2 Å². The third kappa shape index (κ3) is 3.26. The highest BCUT2D eigenvalue weighted by molar-refractivity contribution is 7.92. The molecule has 5 nitrogen and oxygen atoms in total. The number of hydrogen-bond donors (Lipinski definition) is 2. The number of hydrogen-bond acceptors (Lipinski definition) is 4. The molecule has 1 fully saturated rings. The number of halogens is 1. The number of pyridine rings is 1. The van der Waals surface area contributed by atoms with Crippen molar-refractivity contribution < 1.29 is 12.8 Å². The summed E-state index contributed by atoms with van der Waals surface area (Å²) < 4.78 is 38.3. The lowest BCUT2D eigenvalue weighted by Crippen LogP contribution is -2.11. The van der Waals surface area contributed by atoms with Crippen LogP contribution in [0.5, 0.6) is 0 Å². The molecule has 1 aromatic carbocycles. The summed E-state index contributed by atoms with van der Waals surface area (Å²) in [4.78, 5) is 4.36. The Morgan fingerprint density at radius 3 is 2.59 bits per heavy atom. The molecule has 3 N–H and O–H groups in total. The maximum atomic E-state index is 13.7. The number of rotatable bonds is 4. The average Bonchev–Trinajstić information content (AvgIpc) is 3.17. The maximum absolute atomic E-state index is 13.7. The van der Waals surface area contributed by atoms with Gasteiger partial charge in [-0.3, -0.25) is 9.71 Å². The highest BCUT2D eigenvalue weighted by atomic mass is 32.2. The standard InChI is InChI=1S/C15H16FN3O2S/c1-22(20,21)19-15-6-9(2-4-12(15)16)14-5-3-10(8-18-14)11-7-13(11)17/h2-6,8,11,13,19H,7,17H2,1H3. The molecule has 1 aromatic heterocycles. The molecule has 1 saturated carbocycles. The van der Waals surface area contributed by atoms with Crippen molar-refractivity contribution in [3.63, 3.8) is 0 Å². The summed E-state index contributed by atoms with van der Waals surface area (Å²) in [5, 5.41) is 0. The number of benzene rings is 1. The predicted octanol–water partition coefficient (Wildman–Crippen LogP) is 2.07. The lowest BCUT2D eigenvalue weighted by atomic mass is 10.1. The van der Waals surface area contributed by atoms with Crippen molar-refractivity contribution in [2.75, 3.05) is 11.0 Å². The van der Waals surface area contributed by atoms with Crippen LogP contribution in [0, 0.1) is 5.82 Å². The van der Waals surface area contributed by atoms with Gasteiger partial charge >= 0.3 is 0 Å². The molecule has 0 bridgehead atoms. The minimum atomic E-state index is -3.54. The summed E-state index contributed by atoms with van der Waals surface area (Å²) in [6, 6.07) is 8.21. The number of sulfonamides is 1. The second-order valence-electron chi connectivity index (χ2n) is 5.55. The Labute approximate surface area is 128 Å². The predicted molar refractivity (Wildman–Crippen MR) is 83.4 cm³/mol. The van der Waals surface area contributed by atoms with E-state index in [9.17, 15) is 12.8 Å². The van der Waals surface area contributed by atoms with Crippen molar-refractivity contribution >= 4 is 15.7 Å². The van der Waals surface area contributed by atoms with Crippen LogP contribution in [0.25, 0.3) is 11.3 Å². The molecule has 2 atom stereocenters. The Morgan fingerprint density at radius 2 is 2.05 bits per heavy atom. The van der Waals surface area contributed by atoms with Crippen LogP contribution < -0.4 is 10.5 Å². The van der Waals surface area contributed by atoms with Crippen molar-refractivity contribution in [2.45, 2.75) is 18.4 Å². The van der Waals surface area contributed by atoms with Crippen LogP contribution in [0.2, 0.25) is 0 Å². The summed E-state index contributed by atoms with van der Waals surface area (Å²) in [6.45, 7) is 0. The van der Waals surface area contributed by atoms with Gasteiger partial charge in [0.15, 0.2) is 0 Å². The van der Waals surface area contributed by atoms with Crippen molar-refractivity contribution in [3.8, 4) is 11.3 Å². The minimum Gasteiger partial charge on any atom is -0.327 e. The van der Waals surface area contributed by atoms with Gasteiger partial charge in [0.1, 0.15) is 5.82 Å². The van der Waals surface area contributed by atoms with Gasteiger partial charge < -0.3 is 5.73 Å². The first kappa shape index (κ1) is 14.9. The molecule has 0 saturated heterocycles. The fourth-order valence-corrected chi connectivity index (χ4v) is 2.91. The normalized spacial score (nSPS) is 20.7. The van der Waals surface area contributed by atoms with Crippen molar-refractivity contribution in [3.05, 3.63) is 47.9 Å². The Morgan fingerprint density at radius 1 is 1.32 bits per heavy atom. The van der Waals surface area contributed by atoms with Crippen LogP contribution in [0.3, 0.4) is 0 Å². The number of nitrogens with zero attached hydrogens (tertiary/aromatic N) is 1. The molecule has 0 radical (unpaired) electrons. The fourth-order valence-electron chi connectivity index (χ4n) is 2.36. The van der Waals surface area contributed by atoms with Crippen LogP contribution in [0.4, 0.5) is 10.1 Å². The molecule has 2 unspecified atom stereocenters. The molecule has 3 rings (SSSR count). The summed E-state index contributed by atoms with van der Waals surface area (Å²) in [7, 11) is -3.54. The summed E-state index contributed by atoms with van der Waals surface area (Å²) in [5.74, 6) is -0.257. The first-order valence-electron chi connectivity index (χ1n) is 6.83. The second-order valence-corrected chi connectivity index (χ2v) is 7.30. The molecule has 1 heterocycles. The lowest BCUT2D eigenvalue weighted by molar-refractivity contribution is 0.604. The van der Waals surface area contributed by atoms with E-state index in [4.69, 9.17) is 5.73 Å². The fraction of sp³-hybridized carbons (Fsp3) is 0.267. The van der Waals surface area contributed by atoms with E-state index >= 15 is 0 Å². The summed E-state index contributed by atoms with van der Waals surface area (Å²) in [6.07, 6.45) is 3.71. The van der Waals surface area contributed by atoms with E-state index in [1.807, 2.05) is 12.1 Å². The number of aromatic nitrogens is 1. The largest absolute Gasteiger partial charge is 0.327 e. The summed E-state index contributed by atoms with van der Waals surface area (Å²) >= 11 is 0. The zero-order valence-corrected chi connectivity index (χ0v) is 12.8. The van der Waals surface area contributed by atoms with Crippen LogP contribution in [-0.4, -0.2) is 25.7 Å². The zero-order valence-electron chi connectivity index (χ0n) is 12.0. The van der Waals surface area contributed by atoms with Gasteiger partial charge in [0.25, 0.3) is 0 Å². The Bertz CT molecular complexity index is 806. The van der Waals surface area contributed by atoms with Crippen LogP contribution >= 0.6 is 0 Å². The SMILES string of the molecule is CS(=O)(=O)Nc1cc(-c2ccc(C3CC3N)cn2)ccc1F. The molecular formula is C15H16FN3O2S. The van der Waals surface area contributed by atoms with Gasteiger partial charge in [-0.05, 0) is 36.2 Å². The van der Waals surface area contributed by atoms with Gasteiger partial charge in [-0.15, -0.1) is 0 Å². The summed E-state index contributed by atoms with van der Waals surface area (Å²) in [5.41, 5.74) is 8.10. The highest BCUT2D eigenvalue weighted by Gasteiger charge is 2.34. The van der Waals surface area contributed by atoms with Gasteiger partial charge in [-0.1, -0.05) is 6.07 Å². The first-order valence-corrected chi connectivity index (χ1v) is 8.72. The number of nitrogens with two attached hydrogens (primary N) is 1. The number of nitrogens with one attached hydrogen (secondary N) is 1. The number of anilines is 1. The van der Waals surface area contributed by atoms with Gasteiger partial charge in [-0.2, -0.15) is 0 Å². The van der Waals surface area contributed by atoms with Gasteiger partial charge in [0.2, 0.25) is 10.0 Å². The molecule has 22 heavy (non-hydrogen) atoms. The van der Waals surface area contributed by atoms with Gasteiger partial charge in [0, 0.05) is 23.7 Å². The topological polar surface area (TPSA) is 85.1 Å². The Balaban J connectivity index is 1.89. The first-order chi connectivity index (χ1) is 10.3. The molecule has 1 aliphatic rings. The van der Waals surface area contributed by atoms with E-state index in [-0.39, 0.29) is 11.7 Å². The third-order valence-corrected chi connectivity index (χ3v) is 4.20. The second kappa shape index (κ2) is 5.33. The van der Waals surface area contributed by atoms with Gasteiger partial charge in [0.05, 0.1) is 17.6 Å². The molecule has 0 spiro atoms. The Kier molecular flexibility index (Phi) is 3.62. The zero-order chi connectivity index (χ0) is 15.9. The molecule has 1 aliphatic carbocycles. The molecule has 116 valence electrons. The van der Waals surface area contributed by atoms with E-state index in [0.717, 1.165) is 18.2 Å². The van der Waals surface area contributed by atoms with E-state index < -0.39 is 15.8 Å². The molecule has 0 aliphatic heterocycles. The molecule has 7 heteroatoms.